The van der Waals surface area contributed by atoms with Crippen molar-refractivity contribution in [3.63, 3.8) is 0 Å². The van der Waals surface area contributed by atoms with Crippen LogP contribution in [0.4, 0.5) is 0 Å². The van der Waals surface area contributed by atoms with Gasteiger partial charge in [-0.25, -0.2) is 0 Å². The van der Waals surface area contributed by atoms with Gasteiger partial charge in [0.15, 0.2) is 0 Å². The van der Waals surface area contributed by atoms with E-state index in [2.05, 4.69) is 72.8 Å². The fourth-order valence-corrected chi connectivity index (χ4v) is 14.5. The van der Waals surface area contributed by atoms with Crippen molar-refractivity contribution in [2.75, 3.05) is 23.0 Å². The second-order valence-electron chi connectivity index (χ2n) is 7.87. The number of nitriles is 2. The standard InChI is InChI=1S/C28H26N2S8/c29-13-7-15-33-25-26(34-16-8-14-30)38-28(37-25)27-35-23(19-31-17-21-9-3-1-4-10-21)24(36-27)20-32-18-22-11-5-2-6-12-22/h1-6,9-12H,7-8,15-20H2. The van der Waals surface area contributed by atoms with Gasteiger partial charge in [0, 0.05) is 57.2 Å². The van der Waals surface area contributed by atoms with E-state index >= 15 is 0 Å². The van der Waals surface area contributed by atoms with Crippen molar-refractivity contribution in [2.45, 2.75) is 24.3 Å². The molecule has 0 aromatic heterocycles. The maximum Gasteiger partial charge on any atom is 0.0717 e. The predicted molar refractivity (Wildman–Crippen MR) is 182 cm³/mol. The van der Waals surface area contributed by atoms with Crippen LogP contribution in [0.25, 0.3) is 0 Å². The van der Waals surface area contributed by atoms with Crippen LogP contribution in [0.15, 0.2) is 87.4 Å². The molecule has 0 N–H and O–H groups in total. The number of thioether (sulfide) groups is 8. The number of nitrogens with zero attached hydrogens (tertiary/aromatic N) is 2. The van der Waals surface area contributed by atoms with Crippen molar-refractivity contribution in [2.24, 2.45) is 0 Å². The molecule has 0 saturated carbocycles. The summed E-state index contributed by atoms with van der Waals surface area (Å²) in [4.78, 5) is 2.98. The highest BCUT2D eigenvalue weighted by atomic mass is 32.3. The maximum atomic E-state index is 8.99. The Kier molecular flexibility index (Phi) is 13.8. The summed E-state index contributed by atoms with van der Waals surface area (Å²) in [6.45, 7) is 0. The molecule has 0 bridgehead atoms. The third-order valence-corrected chi connectivity index (χ3v) is 16.2. The molecule has 0 amide bonds. The molecule has 0 spiro atoms. The highest BCUT2D eigenvalue weighted by Gasteiger charge is 2.30. The van der Waals surface area contributed by atoms with E-state index in [1.54, 1.807) is 23.5 Å². The zero-order chi connectivity index (χ0) is 26.4. The molecular formula is C28H26N2S8. The first-order valence-electron chi connectivity index (χ1n) is 11.9. The monoisotopic (exact) mass is 646 g/mol. The van der Waals surface area contributed by atoms with Gasteiger partial charge in [0.1, 0.15) is 0 Å². The Balaban J connectivity index is 1.43. The van der Waals surface area contributed by atoms with Gasteiger partial charge in [0.2, 0.25) is 0 Å². The molecule has 0 aliphatic carbocycles. The van der Waals surface area contributed by atoms with E-state index in [-0.39, 0.29) is 0 Å². The van der Waals surface area contributed by atoms with Crippen LogP contribution < -0.4 is 0 Å². The fraction of sp³-hybridized carbons (Fsp3) is 0.286. The molecule has 10 heteroatoms. The molecule has 0 saturated heterocycles. The topological polar surface area (TPSA) is 47.6 Å². The Hall–Kier alpha value is -0.560. The molecule has 196 valence electrons. The second kappa shape index (κ2) is 17.3. The molecule has 0 radical (unpaired) electrons. The predicted octanol–water partition coefficient (Wildman–Crippen LogP) is 10.6. The third-order valence-electron chi connectivity index (χ3n) is 5.03. The lowest BCUT2D eigenvalue weighted by Gasteiger charge is -2.06. The molecular weight excluding hydrogens is 621 g/mol. The maximum absolute atomic E-state index is 8.99. The summed E-state index contributed by atoms with van der Waals surface area (Å²) in [5.41, 5.74) is 2.74. The molecule has 2 aliphatic rings. The molecule has 0 unspecified atom stereocenters. The molecule has 4 rings (SSSR count). The van der Waals surface area contributed by atoms with Gasteiger partial charge in [0.05, 0.1) is 29.1 Å². The van der Waals surface area contributed by atoms with Crippen molar-refractivity contribution in [3.8, 4) is 12.1 Å². The Morgan fingerprint density at radius 2 is 0.974 bits per heavy atom. The number of rotatable bonds is 14. The molecule has 0 atom stereocenters. The summed E-state index contributed by atoms with van der Waals surface area (Å²) < 4.78 is 5.33. The first-order valence-corrected chi connectivity index (χ1v) is 19.5. The second-order valence-corrected chi connectivity index (χ2v) is 17.3. The minimum absolute atomic E-state index is 0.554. The summed E-state index contributed by atoms with van der Waals surface area (Å²) >= 11 is 15.2. The summed E-state index contributed by atoms with van der Waals surface area (Å²) in [6, 6.07) is 25.9. The summed E-state index contributed by atoms with van der Waals surface area (Å²) in [5, 5.41) is 18.0. The van der Waals surface area contributed by atoms with Gasteiger partial charge in [-0.1, -0.05) is 108 Å². The quantitative estimate of drug-likeness (QED) is 0.185. The van der Waals surface area contributed by atoms with Gasteiger partial charge >= 0.3 is 0 Å². The smallest absolute Gasteiger partial charge is 0.0717 e. The molecule has 0 fully saturated rings. The van der Waals surface area contributed by atoms with E-state index in [1.165, 1.54) is 37.9 Å². The first kappa shape index (κ1) is 30.4. The van der Waals surface area contributed by atoms with Crippen LogP contribution >= 0.6 is 94.1 Å². The van der Waals surface area contributed by atoms with Gasteiger partial charge in [-0.05, 0) is 11.1 Å². The first-order chi connectivity index (χ1) is 18.8. The van der Waals surface area contributed by atoms with E-state index in [0.717, 1.165) is 34.5 Å². The summed E-state index contributed by atoms with van der Waals surface area (Å²) in [6.07, 6.45) is 1.11. The lowest BCUT2D eigenvalue weighted by atomic mass is 10.2. The average molecular weight is 647 g/mol. The van der Waals surface area contributed by atoms with E-state index in [0.29, 0.717) is 12.8 Å². The SMILES string of the molecule is N#CCCSC1=C(SCCC#N)SC(=C2SC(CSCc3ccccc3)=C(CSCc3ccccc3)S2)S1. The largest absolute Gasteiger partial charge is 0.198 e. The van der Waals surface area contributed by atoms with Crippen molar-refractivity contribution in [1.29, 1.82) is 10.5 Å². The summed E-state index contributed by atoms with van der Waals surface area (Å²) in [7, 11) is 0. The normalized spacial score (nSPS) is 15.3. The number of hydrogen-bond acceptors (Lipinski definition) is 10. The lowest BCUT2D eigenvalue weighted by molar-refractivity contribution is 1.24. The Bertz CT molecular complexity index is 1150. The van der Waals surface area contributed by atoms with Crippen LogP contribution in [-0.2, 0) is 11.5 Å². The van der Waals surface area contributed by atoms with Gasteiger partial charge in [-0.3, -0.25) is 0 Å². The zero-order valence-electron chi connectivity index (χ0n) is 20.6. The molecule has 38 heavy (non-hydrogen) atoms. The molecule has 2 nitrogen and oxygen atoms in total. The van der Waals surface area contributed by atoms with Crippen LogP contribution in [0, 0.1) is 22.7 Å². The minimum Gasteiger partial charge on any atom is -0.198 e. The molecule has 2 aromatic carbocycles. The van der Waals surface area contributed by atoms with Crippen LogP contribution in [-0.4, -0.2) is 23.0 Å². The van der Waals surface area contributed by atoms with E-state index < -0.39 is 0 Å². The fourth-order valence-electron chi connectivity index (χ4n) is 3.24. The van der Waals surface area contributed by atoms with E-state index in [4.69, 9.17) is 10.5 Å². The van der Waals surface area contributed by atoms with Crippen LogP contribution in [0.3, 0.4) is 0 Å². The molecule has 2 aliphatic heterocycles. The summed E-state index contributed by atoms with van der Waals surface area (Å²) in [5.74, 6) is 5.73. The van der Waals surface area contributed by atoms with Gasteiger partial charge in [0.25, 0.3) is 0 Å². The molecule has 2 aromatic rings. The van der Waals surface area contributed by atoms with Crippen LogP contribution in [0.1, 0.15) is 24.0 Å². The van der Waals surface area contributed by atoms with E-state index in [9.17, 15) is 0 Å². The number of benzene rings is 2. The zero-order valence-corrected chi connectivity index (χ0v) is 27.1. The average Bonchev–Trinajstić information content (AvgIpc) is 3.54. The van der Waals surface area contributed by atoms with Crippen molar-refractivity contribution in [3.05, 3.63) is 98.5 Å². The minimum atomic E-state index is 0.554. The van der Waals surface area contributed by atoms with Gasteiger partial charge < -0.3 is 0 Å². The molecule has 2 heterocycles. The highest BCUT2D eigenvalue weighted by molar-refractivity contribution is 8.42. The van der Waals surface area contributed by atoms with Crippen molar-refractivity contribution >= 4 is 94.1 Å². The Morgan fingerprint density at radius 3 is 1.39 bits per heavy atom. The van der Waals surface area contributed by atoms with Crippen LogP contribution in [0.2, 0.25) is 0 Å². The Morgan fingerprint density at radius 1 is 0.553 bits per heavy atom. The third kappa shape index (κ3) is 9.82. The van der Waals surface area contributed by atoms with Gasteiger partial charge in [-0.2, -0.15) is 34.0 Å². The highest BCUT2D eigenvalue weighted by Crippen LogP contribution is 2.64. The lowest BCUT2D eigenvalue weighted by Crippen LogP contribution is -1.90. The van der Waals surface area contributed by atoms with E-state index in [1.807, 2.05) is 70.6 Å². The van der Waals surface area contributed by atoms with Crippen molar-refractivity contribution in [1.82, 2.24) is 0 Å². The van der Waals surface area contributed by atoms with Crippen LogP contribution in [0.5, 0.6) is 0 Å². The number of hydrogen-bond donors (Lipinski definition) is 0. The Labute approximate surface area is 260 Å². The van der Waals surface area contributed by atoms with Crippen molar-refractivity contribution < 1.29 is 0 Å². The van der Waals surface area contributed by atoms with Gasteiger partial charge in [-0.15, -0.1) is 23.5 Å².